The topological polar surface area (TPSA) is 66.7 Å². The van der Waals surface area contributed by atoms with Crippen molar-refractivity contribution in [3.63, 3.8) is 0 Å². The highest BCUT2D eigenvalue weighted by Crippen LogP contribution is 2.32. The smallest absolute Gasteiger partial charge is 0.324 e. The summed E-state index contributed by atoms with van der Waals surface area (Å²) < 4.78 is 0. The normalized spacial score (nSPS) is 18.7. The molecule has 0 aromatic heterocycles. The number of urea groups is 1. The van der Waals surface area contributed by atoms with E-state index < -0.39 is 4.92 Å². The van der Waals surface area contributed by atoms with Crippen LogP contribution in [-0.4, -0.2) is 35.0 Å². The highest BCUT2D eigenvalue weighted by atomic mass is 16.6. The summed E-state index contributed by atoms with van der Waals surface area (Å²) >= 11 is 0. The van der Waals surface area contributed by atoms with Crippen LogP contribution < -0.4 is 4.90 Å². The Bertz CT molecular complexity index is 588. The maximum atomic E-state index is 13.0. The summed E-state index contributed by atoms with van der Waals surface area (Å²) in [5.41, 5.74) is 0.292. The minimum atomic E-state index is -0.440. The largest absolute Gasteiger partial charge is 0.325 e. The number of nitro benzene ring substituents is 1. The SMILES string of the molecule is C=CC1CCCN(CCCC)C(=O)N1c1ccccc1[N+](=O)[O-]. The average molecular weight is 317 g/mol. The predicted molar refractivity (Wildman–Crippen MR) is 90.7 cm³/mol. The van der Waals surface area contributed by atoms with E-state index >= 15 is 0 Å². The molecule has 0 spiro atoms. The molecule has 6 heteroatoms. The molecular formula is C17H23N3O3. The van der Waals surface area contributed by atoms with E-state index in [2.05, 4.69) is 13.5 Å². The highest BCUT2D eigenvalue weighted by Gasteiger charge is 2.34. The quantitative estimate of drug-likeness (QED) is 0.453. The van der Waals surface area contributed by atoms with Gasteiger partial charge in [-0.15, -0.1) is 6.58 Å². The Balaban J connectivity index is 2.43. The van der Waals surface area contributed by atoms with Crippen LogP contribution in [0.25, 0.3) is 0 Å². The van der Waals surface area contributed by atoms with Crippen molar-refractivity contribution in [1.29, 1.82) is 0 Å². The van der Waals surface area contributed by atoms with Gasteiger partial charge in [-0.25, -0.2) is 4.79 Å². The zero-order valence-electron chi connectivity index (χ0n) is 13.5. The lowest BCUT2D eigenvalue weighted by molar-refractivity contribution is -0.384. The third kappa shape index (κ3) is 3.70. The van der Waals surface area contributed by atoms with Crippen LogP contribution >= 0.6 is 0 Å². The maximum Gasteiger partial charge on any atom is 0.325 e. The van der Waals surface area contributed by atoms with Gasteiger partial charge in [0.25, 0.3) is 5.69 Å². The molecule has 1 aromatic carbocycles. The van der Waals surface area contributed by atoms with Crippen molar-refractivity contribution in [1.82, 2.24) is 4.90 Å². The molecule has 1 atom stereocenters. The standard InChI is InChI=1S/C17H23N3O3/c1-3-5-12-18-13-8-9-14(4-2)19(17(18)21)15-10-6-7-11-16(15)20(22)23/h4,6-7,10-11,14H,2-3,5,8-9,12-13H2,1H3. The molecule has 2 amide bonds. The molecule has 0 bridgehead atoms. The van der Waals surface area contributed by atoms with Gasteiger partial charge in [-0.1, -0.05) is 31.6 Å². The molecule has 1 aromatic rings. The highest BCUT2D eigenvalue weighted by molar-refractivity contribution is 5.95. The first-order valence-corrected chi connectivity index (χ1v) is 8.04. The van der Waals surface area contributed by atoms with Gasteiger partial charge in [0, 0.05) is 19.2 Å². The Morgan fingerprint density at radius 3 is 2.83 bits per heavy atom. The van der Waals surface area contributed by atoms with Gasteiger partial charge in [-0.05, 0) is 25.3 Å². The van der Waals surface area contributed by atoms with Crippen molar-refractivity contribution < 1.29 is 9.72 Å². The zero-order valence-corrected chi connectivity index (χ0v) is 13.5. The number of anilines is 1. The van der Waals surface area contributed by atoms with Crippen LogP contribution in [0.4, 0.5) is 16.2 Å². The van der Waals surface area contributed by atoms with Gasteiger partial charge in [0.1, 0.15) is 5.69 Å². The summed E-state index contributed by atoms with van der Waals surface area (Å²) in [6.07, 6.45) is 5.25. The van der Waals surface area contributed by atoms with Crippen molar-refractivity contribution >= 4 is 17.4 Å². The molecule has 23 heavy (non-hydrogen) atoms. The first-order valence-electron chi connectivity index (χ1n) is 8.04. The predicted octanol–water partition coefficient (Wildman–Crippen LogP) is 3.97. The van der Waals surface area contributed by atoms with Crippen LogP contribution in [0, 0.1) is 10.1 Å². The number of benzene rings is 1. The second-order valence-electron chi connectivity index (χ2n) is 5.68. The average Bonchev–Trinajstić information content (AvgIpc) is 2.71. The van der Waals surface area contributed by atoms with Crippen LogP contribution in [0.1, 0.15) is 32.6 Å². The fourth-order valence-corrected chi connectivity index (χ4v) is 2.89. The number of nitrogens with zero attached hydrogens (tertiary/aromatic N) is 3. The fraction of sp³-hybridized carbons (Fsp3) is 0.471. The molecule has 0 saturated carbocycles. The van der Waals surface area contributed by atoms with Gasteiger partial charge < -0.3 is 4.90 Å². The van der Waals surface area contributed by atoms with Crippen LogP contribution in [0.2, 0.25) is 0 Å². The molecule has 0 aliphatic carbocycles. The van der Waals surface area contributed by atoms with E-state index in [9.17, 15) is 14.9 Å². The molecule has 6 nitrogen and oxygen atoms in total. The number of rotatable bonds is 6. The van der Waals surface area contributed by atoms with Crippen molar-refractivity contribution in [3.05, 3.63) is 47.0 Å². The number of hydrogen-bond donors (Lipinski definition) is 0. The van der Waals surface area contributed by atoms with E-state index in [1.54, 1.807) is 29.2 Å². The van der Waals surface area contributed by atoms with Gasteiger partial charge in [0.2, 0.25) is 0 Å². The van der Waals surface area contributed by atoms with E-state index in [-0.39, 0.29) is 17.8 Å². The molecule has 1 heterocycles. The summed E-state index contributed by atoms with van der Waals surface area (Å²) in [4.78, 5) is 27.2. The van der Waals surface area contributed by atoms with E-state index in [0.717, 1.165) is 25.7 Å². The number of hydrogen-bond acceptors (Lipinski definition) is 3. The zero-order chi connectivity index (χ0) is 16.8. The number of unbranched alkanes of at least 4 members (excludes halogenated alkanes) is 1. The molecule has 0 N–H and O–H groups in total. The van der Waals surface area contributed by atoms with E-state index in [4.69, 9.17) is 0 Å². The van der Waals surface area contributed by atoms with Gasteiger partial charge in [-0.2, -0.15) is 0 Å². The Morgan fingerprint density at radius 2 is 2.17 bits per heavy atom. The van der Waals surface area contributed by atoms with E-state index in [0.29, 0.717) is 18.8 Å². The molecule has 1 aliphatic heterocycles. The first kappa shape index (κ1) is 17.0. The van der Waals surface area contributed by atoms with Crippen molar-refractivity contribution in [2.75, 3.05) is 18.0 Å². The van der Waals surface area contributed by atoms with Crippen molar-refractivity contribution in [2.24, 2.45) is 0 Å². The number of nitro groups is 1. The molecule has 1 saturated heterocycles. The Kier molecular flexibility index (Phi) is 5.73. The monoisotopic (exact) mass is 317 g/mol. The minimum Gasteiger partial charge on any atom is -0.324 e. The summed E-state index contributed by atoms with van der Waals surface area (Å²) in [7, 11) is 0. The second kappa shape index (κ2) is 7.76. The van der Waals surface area contributed by atoms with E-state index in [1.807, 2.05) is 0 Å². The summed E-state index contributed by atoms with van der Waals surface area (Å²) in [5.74, 6) is 0. The van der Waals surface area contributed by atoms with Gasteiger partial charge in [0.15, 0.2) is 0 Å². The Labute approximate surface area is 136 Å². The minimum absolute atomic E-state index is 0.0509. The van der Waals surface area contributed by atoms with Gasteiger partial charge in [-0.3, -0.25) is 15.0 Å². The summed E-state index contributed by atoms with van der Waals surface area (Å²) in [6, 6.07) is 6.00. The molecule has 124 valence electrons. The lowest BCUT2D eigenvalue weighted by Crippen LogP contribution is -2.46. The van der Waals surface area contributed by atoms with Crippen molar-refractivity contribution in [2.45, 2.75) is 38.6 Å². The molecule has 1 fully saturated rings. The van der Waals surface area contributed by atoms with Crippen LogP contribution in [0.5, 0.6) is 0 Å². The van der Waals surface area contributed by atoms with E-state index in [1.165, 1.54) is 11.0 Å². The third-order valence-corrected chi connectivity index (χ3v) is 4.13. The van der Waals surface area contributed by atoms with Gasteiger partial charge in [0.05, 0.1) is 11.0 Å². The number of carbonyl (C=O) groups excluding carboxylic acids is 1. The van der Waals surface area contributed by atoms with Crippen LogP contribution in [0.15, 0.2) is 36.9 Å². The second-order valence-corrected chi connectivity index (χ2v) is 5.68. The fourth-order valence-electron chi connectivity index (χ4n) is 2.89. The van der Waals surface area contributed by atoms with Gasteiger partial charge >= 0.3 is 6.03 Å². The maximum absolute atomic E-state index is 13.0. The summed E-state index contributed by atoms with van der Waals surface area (Å²) in [6.45, 7) is 7.25. The Morgan fingerprint density at radius 1 is 1.43 bits per heavy atom. The van der Waals surface area contributed by atoms with Crippen LogP contribution in [-0.2, 0) is 0 Å². The molecule has 1 unspecified atom stereocenters. The Hall–Kier alpha value is -2.37. The molecule has 1 aliphatic rings. The van der Waals surface area contributed by atoms with Crippen LogP contribution in [0.3, 0.4) is 0 Å². The molecular weight excluding hydrogens is 294 g/mol. The lowest BCUT2D eigenvalue weighted by Gasteiger charge is -2.31. The number of amides is 2. The number of para-hydroxylation sites is 2. The summed E-state index contributed by atoms with van der Waals surface area (Å²) in [5, 5.41) is 11.3. The third-order valence-electron chi connectivity index (χ3n) is 4.13. The number of carbonyl (C=O) groups is 1. The molecule has 2 rings (SSSR count). The van der Waals surface area contributed by atoms with Crippen molar-refractivity contribution in [3.8, 4) is 0 Å². The lowest BCUT2D eigenvalue weighted by atomic mass is 10.1. The first-order chi connectivity index (χ1) is 11.1. The molecule has 0 radical (unpaired) electrons.